The maximum Gasteiger partial charge on any atom is 0.259 e. The fourth-order valence-corrected chi connectivity index (χ4v) is 2.37. The van der Waals surface area contributed by atoms with Gasteiger partial charge in [0.2, 0.25) is 0 Å². The molecule has 0 aromatic carbocycles. The number of amides is 1. The lowest BCUT2D eigenvalue weighted by atomic mass is 10.1. The van der Waals surface area contributed by atoms with E-state index >= 15 is 0 Å². The molecule has 2 aliphatic rings. The highest BCUT2D eigenvalue weighted by molar-refractivity contribution is 6.06. The van der Waals surface area contributed by atoms with Crippen LogP contribution in [-0.4, -0.2) is 22.1 Å². The number of carbonyl (C=O) groups is 1. The highest BCUT2D eigenvalue weighted by Gasteiger charge is 2.30. The average Bonchev–Trinajstić information content (AvgIpc) is 3.29. The summed E-state index contributed by atoms with van der Waals surface area (Å²) >= 11 is 0. The van der Waals surface area contributed by atoms with Gasteiger partial charge in [-0.05, 0) is 38.7 Å². The molecule has 1 N–H and O–H groups in total. The molecular formula is C14H15N3O2. The molecular weight excluding hydrogens is 242 g/mol. The largest absolute Gasteiger partial charge is 0.349 e. The first-order valence-electron chi connectivity index (χ1n) is 6.80. The van der Waals surface area contributed by atoms with Crippen molar-refractivity contribution in [2.24, 2.45) is 0 Å². The summed E-state index contributed by atoms with van der Waals surface area (Å²) in [5, 5.41) is 7.72. The van der Waals surface area contributed by atoms with E-state index in [4.69, 9.17) is 4.52 Å². The summed E-state index contributed by atoms with van der Waals surface area (Å²) in [4.78, 5) is 16.8. The highest BCUT2D eigenvalue weighted by atomic mass is 16.5. The van der Waals surface area contributed by atoms with Gasteiger partial charge in [-0.1, -0.05) is 5.16 Å². The first kappa shape index (κ1) is 11.0. The second-order valence-electron chi connectivity index (χ2n) is 5.56. The summed E-state index contributed by atoms with van der Waals surface area (Å²) < 4.78 is 5.24. The number of rotatable bonds is 3. The minimum absolute atomic E-state index is 0.0249. The fourth-order valence-electron chi connectivity index (χ4n) is 2.37. The molecule has 0 radical (unpaired) electrons. The van der Waals surface area contributed by atoms with Gasteiger partial charge in [0.25, 0.3) is 11.6 Å². The molecule has 2 aliphatic carbocycles. The van der Waals surface area contributed by atoms with E-state index < -0.39 is 0 Å². The Morgan fingerprint density at radius 1 is 1.37 bits per heavy atom. The Bertz CT molecular complexity index is 669. The molecule has 19 heavy (non-hydrogen) atoms. The number of aromatic nitrogens is 2. The Morgan fingerprint density at radius 2 is 2.16 bits per heavy atom. The average molecular weight is 257 g/mol. The van der Waals surface area contributed by atoms with Crippen LogP contribution in [0, 0.1) is 6.92 Å². The second kappa shape index (κ2) is 3.79. The number of pyridine rings is 1. The van der Waals surface area contributed by atoms with Gasteiger partial charge in [-0.2, -0.15) is 0 Å². The number of aryl methyl sites for hydroxylation is 1. The van der Waals surface area contributed by atoms with Crippen molar-refractivity contribution in [1.29, 1.82) is 0 Å². The maximum absolute atomic E-state index is 12.3. The number of carbonyl (C=O) groups excluding carboxylic acids is 1. The third-order valence-electron chi connectivity index (χ3n) is 3.79. The van der Waals surface area contributed by atoms with Gasteiger partial charge < -0.3 is 9.84 Å². The molecule has 0 bridgehead atoms. The predicted octanol–water partition coefficient (Wildman–Crippen LogP) is 2.30. The molecule has 4 rings (SSSR count). The van der Waals surface area contributed by atoms with Crippen LogP contribution in [0.3, 0.4) is 0 Å². The summed E-state index contributed by atoms with van der Waals surface area (Å²) in [5.74, 6) is 0.463. The van der Waals surface area contributed by atoms with Crippen molar-refractivity contribution in [3.8, 4) is 0 Å². The molecule has 0 atom stereocenters. The molecule has 5 heteroatoms. The summed E-state index contributed by atoms with van der Waals surface area (Å²) in [5.41, 5.74) is 2.84. The van der Waals surface area contributed by atoms with Crippen molar-refractivity contribution >= 4 is 17.0 Å². The van der Waals surface area contributed by atoms with Crippen LogP contribution in [0.5, 0.6) is 0 Å². The van der Waals surface area contributed by atoms with Crippen molar-refractivity contribution in [2.75, 3.05) is 0 Å². The van der Waals surface area contributed by atoms with E-state index in [-0.39, 0.29) is 5.91 Å². The lowest BCUT2D eigenvalue weighted by Crippen LogP contribution is -2.25. The number of hydrogen-bond donors (Lipinski definition) is 1. The van der Waals surface area contributed by atoms with Gasteiger partial charge in [-0.3, -0.25) is 4.79 Å². The van der Waals surface area contributed by atoms with Crippen LogP contribution in [0.25, 0.3) is 11.1 Å². The Morgan fingerprint density at radius 3 is 2.84 bits per heavy atom. The second-order valence-corrected chi connectivity index (χ2v) is 5.56. The molecule has 2 aromatic rings. The SMILES string of the molecule is Cc1noc2nc(C3CC3)cc(C(=O)NC3CC3)c12. The minimum Gasteiger partial charge on any atom is -0.349 e. The van der Waals surface area contributed by atoms with E-state index in [0.717, 1.165) is 42.5 Å². The minimum atomic E-state index is -0.0249. The monoisotopic (exact) mass is 257 g/mol. The van der Waals surface area contributed by atoms with Gasteiger partial charge in [0.05, 0.1) is 16.6 Å². The van der Waals surface area contributed by atoms with E-state index in [1.54, 1.807) is 0 Å². The van der Waals surface area contributed by atoms with Gasteiger partial charge in [-0.15, -0.1) is 0 Å². The van der Waals surface area contributed by atoms with E-state index in [1.165, 1.54) is 0 Å². The molecule has 5 nitrogen and oxygen atoms in total. The zero-order chi connectivity index (χ0) is 13.0. The van der Waals surface area contributed by atoms with Crippen LogP contribution < -0.4 is 5.32 Å². The van der Waals surface area contributed by atoms with Crippen LogP contribution in [0.4, 0.5) is 0 Å². The van der Waals surface area contributed by atoms with Crippen LogP contribution in [0.2, 0.25) is 0 Å². The van der Waals surface area contributed by atoms with Crippen molar-refractivity contribution in [3.05, 3.63) is 23.0 Å². The first-order valence-corrected chi connectivity index (χ1v) is 6.80. The predicted molar refractivity (Wildman–Crippen MR) is 69.0 cm³/mol. The lowest BCUT2D eigenvalue weighted by molar-refractivity contribution is 0.0952. The molecule has 98 valence electrons. The van der Waals surface area contributed by atoms with Crippen molar-refractivity contribution < 1.29 is 9.32 Å². The highest BCUT2D eigenvalue weighted by Crippen LogP contribution is 2.40. The van der Waals surface area contributed by atoms with Gasteiger partial charge in [0.15, 0.2) is 0 Å². The van der Waals surface area contributed by atoms with Gasteiger partial charge in [0.1, 0.15) is 0 Å². The van der Waals surface area contributed by atoms with Crippen molar-refractivity contribution in [3.63, 3.8) is 0 Å². The van der Waals surface area contributed by atoms with Crippen molar-refractivity contribution in [2.45, 2.75) is 44.6 Å². The number of hydrogen-bond acceptors (Lipinski definition) is 4. The van der Waals surface area contributed by atoms with Crippen LogP contribution >= 0.6 is 0 Å². The van der Waals surface area contributed by atoms with Crippen LogP contribution in [0.1, 0.15) is 53.3 Å². The van der Waals surface area contributed by atoms with E-state index in [2.05, 4.69) is 15.5 Å². The molecule has 2 aromatic heterocycles. The Hall–Kier alpha value is -1.91. The third-order valence-corrected chi connectivity index (χ3v) is 3.79. The Kier molecular flexibility index (Phi) is 2.19. The van der Waals surface area contributed by atoms with Crippen LogP contribution in [0.15, 0.2) is 10.6 Å². The molecule has 0 saturated heterocycles. The van der Waals surface area contributed by atoms with Crippen LogP contribution in [-0.2, 0) is 0 Å². The summed E-state index contributed by atoms with van der Waals surface area (Å²) in [7, 11) is 0. The molecule has 2 saturated carbocycles. The zero-order valence-corrected chi connectivity index (χ0v) is 10.8. The van der Waals surface area contributed by atoms with Gasteiger partial charge in [-0.25, -0.2) is 4.98 Å². The molecule has 0 aliphatic heterocycles. The molecule has 2 fully saturated rings. The molecule has 1 amide bonds. The molecule has 0 spiro atoms. The summed E-state index contributed by atoms with van der Waals surface area (Å²) in [6, 6.07) is 2.27. The topological polar surface area (TPSA) is 68.0 Å². The van der Waals surface area contributed by atoms with Crippen molar-refractivity contribution in [1.82, 2.24) is 15.5 Å². The van der Waals surface area contributed by atoms with E-state index in [1.807, 2.05) is 13.0 Å². The summed E-state index contributed by atoms with van der Waals surface area (Å²) in [6.07, 6.45) is 4.46. The van der Waals surface area contributed by atoms with E-state index in [0.29, 0.717) is 23.2 Å². The Labute approximate surface area is 110 Å². The molecule has 2 heterocycles. The molecule has 0 unspecified atom stereocenters. The van der Waals surface area contributed by atoms with Gasteiger partial charge in [0, 0.05) is 17.7 Å². The Balaban J connectivity index is 1.84. The fraction of sp³-hybridized carbons (Fsp3) is 0.500. The maximum atomic E-state index is 12.3. The van der Waals surface area contributed by atoms with Gasteiger partial charge >= 0.3 is 0 Å². The number of nitrogens with one attached hydrogen (secondary N) is 1. The normalized spacial score (nSPS) is 18.8. The number of nitrogens with zero attached hydrogens (tertiary/aromatic N) is 2. The quantitative estimate of drug-likeness (QED) is 0.916. The lowest BCUT2D eigenvalue weighted by Gasteiger charge is -2.06. The standard InChI is InChI=1S/C14H15N3O2/c1-7-12-10(13(18)15-9-4-5-9)6-11(8-2-3-8)16-14(12)19-17-7/h6,8-9H,2-5H2,1H3,(H,15,18). The third kappa shape index (κ3) is 1.89. The van der Waals surface area contributed by atoms with E-state index in [9.17, 15) is 4.79 Å². The number of fused-ring (bicyclic) bond motifs is 1. The first-order chi connectivity index (χ1) is 9.22. The zero-order valence-electron chi connectivity index (χ0n) is 10.8. The summed E-state index contributed by atoms with van der Waals surface area (Å²) in [6.45, 7) is 1.85. The smallest absolute Gasteiger partial charge is 0.259 e.